The van der Waals surface area contributed by atoms with Crippen molar-refractivity contribution in [3.8, 4) is 11.1 Å². The summed E-state index contributed by atoms with van der Waals surface area (Å²) in [6.07, 6.45) is 1.08. The fraction of sp³-hybridized carbons (Fsp3) is 0. The molecule has 0 aliphatic rings. The van der Waals surface area contributed by atoms with Crippen molar-refractivity contribution < 1.29 is 21.6 Å². The molecular weight excluding hydrogens is 423 g/mol. The number of fused-ring (bicyclic) bond motifs is 1. The topological polar surface area (TPSA) is 47.0 Å². The Morgan fingerprint density at radius 2 is 1.66 bits per heavy atom. The third kappa shape index (κ3) is 3.47. The van der Waals surface area contributed by atoms with Crippen molar-refractivity contribution in [3.05, 3.63) is 89.3 Å². The summed E-state index contributed by atoms with van der Waals surface area (Å²) in [6, 6.07) is 12.6. The SMILES string of the molecule is O=S(=O)(c1ccc(F)c(F)c1)c1cnc2cc(F)ccc2c1-c1cccc(Cl)c1. The molecular formula is C21H11ClF3NO2S. The summed E-state index contributed by atoms with van der Waals surface area (Å²) < 4.78 is 67.1. The fourth-order valence-corrected chi connectivity index (χ4v) is 4.70. The van der Waals surface area contributed by atoms with Crippen LogP contribution in [0.4, 0.5) is 13.2 Å². The Morgan fingerprint density at radius 3 is 2.38 bits per heavy atom. The maximum atomic E-state index is 13.7. The molecule has 0 fully saturated rings. The average Bonchev–Trinajstić information content (AvgIpc) is 2.68. The van der Waals surface area contributed by atoms with Gasteiger partial charge in [0, 0.05) is 28.2 Å². The number of aromatic nitrogens is 1. The van der Waals surface area contributed by atoms with E-state index in [0.29, 0.717) is 22.0 Å². The highest BCUT2D eigenvalue weighted by Gasteiger charge is 2.26. The van der Waals surface area contributed by atoms with Crippen LogP contribution in [0.5, 0.6) is 0 Å². The molecule has 0 spiro atoms. The lowest BCUT2D eigenvalue weighted by Crippen LogP contribution is -2.06. The van der Waals surface area contributed by atoms with Crippen molar-refractivity contribution in [1.82, 2.24) is 4.98 Å². The molecule has 0 unspecified atom stereocenters. The number of hydrogen-bond donors (Lipinski definition) is 0. The first-order valence-corrected chi connectivity index (χ1v) is 10.2. The molecule has 0 aliphatic carbocycles. The van der Waals surface area contributed by atoms with Crippen LogP contribution in [0.25, 0.3) is 22.0 Å². The number of pyridine rings is 1. The van der Waals surface area contributed by atoms with Gasteiger partial charge in [0.1, 0.15) is 5.82 Å². The van der Waals surface area contributed by atoms with Crippen molar-refractivity contribution in [2.45, 2.75) is 9.79 Å². The summed E-state index contributed by atoms with van der Waals surface area (Å²) >= 11 is 6.08. The second-order valence-electron chi connectivity index (χ2n) is 6.25. The molecule has 29 heavy (non-hydrogen) atoms. The quantitative estimate of drug-likeness (QED) is 0.383. The first-order chi connectivity index (χ1) is 13.8. The third-order valence-corrected chi connectivity index (χ3v) is 6.40. The molecule has 3 nitrogen and oxygen atoms in total. The standard InChI is InChI=1S/C21H11ClF3NO2S/c22-13-3-1-2-12(8-13)21-16-6-4-14(23)9-19(16)26-11-20(21)29(27,28)15-5-7-17(24)18(25)10-15/h1-11H. The van der Waals surface area contributed by atoms with Crippen LogP contribution >= 0.6 is 11.6 Å². The highest BCUT2D eigenvalue weighted by Crippen LogP contribution is 2.37. The van der Waals surface area contributed by atoms with Crippen molar-refractivity contribution in [3.63, 3.8) is 0 Å². The fourth-order valence-electron chi connectivity index (χ4n) is 3.06. The smallest absolute Gasteiger partial charge is 0.208 e. The molecule has 8 heteroatoms. The van der Waals surface area contributed by atoms with Gasteiger partial charge in [-0.25, -0.2) is 21.6 Å². The van der Waals surface area contributed by atoms with E-state index in [1.807, 2.05) is 0 Å². The number of sulfone groups is 1. The van der Waals surface area contributed by atoms with Gasteiger partial charge in [0.25, 0.3) is 0 Å². The summed E-state index contributed by atoms with van der Waals surface area (Å²) in [4.78, 5) is 3.40. The van der Waals surface area contributed by atoms with Gasteiger partial charge in [0.2, 0.25) is 9.84 Å². The van der Waals surface area contributed by atoms with Crippen molar-refractivity contribution in [2.24, 2.45) is 0 Å². The minimum absolute atomic E-state index is 0.232. The zero-order valence-electron chi connectivity index (χ0n) is 14.5. The van der Waals surface area contributed by atoms with E-state index in [2.05, 4.69) is 4.98 Å². The van der Waals surface area contributed by atoms with Gasteiger partial charge in [0.05, 0.1) is 15.3 Å². The Balaban J connectivity index is 2.08. The van der Waals surface area contributed by atoms with Crippen LogP contribution in [0.15, 0.2) is 76.7 Å². The maximum Gasteiger partial charge on any atom is 0.208 e. The molecule has 4 rings (SSSR count). The number of halogens is 4. The predicted molar refractivity (Wildman–Crippen MR) is 104 cm³/mol. The molecule has 0 aliphatic heterocycles. The summed E-state index contributed by atoms with van der Waals surface area (Å²) in [6.45, 7) is 0. The molecule has 0 saturated carbocycles. The van der Waals surface area contributed by atoms with E-state index in [1.54, 1.807) is 24.3 Å². The highest BCUT2D eigenvalue weighted by molar-refractivity contribution is 7.91. The van der Waals surface area contributed by atoms with E-state index < -0.39 is 32.2 Å². The molecule has 0 N–H and O–H groups in total. The molecule has 0 saturated heterocycles. The van der Waals surface area contributed by atoms with E-state index in [4.69, 9.17) is 11.6 Å². The van der Waals surface area contributed by atoms with Crippen molar-refractivity contribution in [1.29, 1.82) is 0 Å². The minimum atomic E-state index is -4.28. The van der Waals surface area contributed by atoms with E-state index >= 15 is 0 Å². The lowest BCUT2D eigenvalue weighted by atomic mass is 10.0. The highest BCUT2D eigenvalue weighted by atomic mass is 35.5. The van der Waals surface area contributed by atoms with Crippen LogP contribution in [0.1, 0.15) is 0 Å². The average molecular weight is 434 g/mol. The largest absolute Gasteiger partial charge is 0.255 e. The van der Waals surface area contributed by atoms with E-state index in [0.717, 1.165) is 18.3 Å². The molecule has 3 aromatic carbocycles. The van der Waals surface area contributed by atoms with Crippen LogP contribution in [0.3, 0.4) is 0 Å². The van der Waals surface area contributed by atoms with Crippen LogP contribution in [0, 0.1) is 17.5 Å². The van der Waals surface area contributed by atoms with Crippen LogP contribution in [-0.4, -0.2) is 13.4 Å². The Hall–Kier alpha value is -2.90. The third-order valence-electron chi connectivity index (χ3n) is 4.40. The normalized spacial score (nSPS) is 11.7. The Labute approximate surface area is 169 Å². The van der Waals surface area contributed by atoms with Gasteiger partial charge in [-0.05, 0) is 48.0 Å². The maximum absolute atomic E-state index is 13.7. The van der Waals surface area contributed by atoms with Crippen LogP contribution < -0.4 is 0 Å². The first-order valence-electron chi connectivity index (χ1n) is 8.32. The number of rotatable bonds is 3. The van der Waals surface area contributed by atoms with Gasteiger partial charge in [-0.15, -0.1) is 0 Å². The number of benzene rings is 3. The Bertz CT molecular complexity index is 1370. The van der Waals surface area contributed by atoms with Gasteiger partial charge in [-0.1, -0.05) is 23.7 Å². The summed E-state index contributed by atoms with van der Waals surface area (Å²) in [5, 5.41) is 0.739. The van der Waals surface area contributed by atoms with Crippen molar-refractivity contribution >= 4 is 32.3 Å². The second-order valence-corrected chi connectivity index (χ2v) is 8.60. The molecule has 0 atom stereocenters. The summed E-state index contributed by atoms with van der Waals surface area (Å²) in [5.74, 6) is -2.98. The van der Waals surface area contributed by atoms with Gasteiger partial charge in [0.15, 0.2) is 11.6 Å². The van der Waals surface area contributed by atoms with Crippen LogP contribution in [0.2, 0.25) is 5.02 Å². The molecule has 0 radical (unpaired) electrons. The van der Waals surface area contributed by atoms with Gasteiger partial charge < -0.3 is 0 Å². The molecule has 0 amide bonds. The Kier molecular flexibility index (Phi) is 4.80. The van der Waals surface area contributed by atoms with E-state index in [9.17, 15) is 21.6 Å². The van der Waals surface area contributed by atoms with E-state index in [1.165, 1.54) is 18.2 Å². The first kappa shape index (κ1) is 19.4. The number of hydrogen-bond acceptors (Lipinski definition) is 3. The monoisotopic (exact) mass is 433 g/mol. The zero-order valence-corrected chi connectivity index (χ0v) is 16.1. The van der Waals surface area contributed by atoms with Crippen LogP contribution in [-0.2, 0) is 9.84 Å². The van der Waals surface area contributed by atoms with E-state index in [-0.39, 0.29) is 16.0 Å². The predicted octanol–water partition coefficient (Wildman–Crippen LogP) is 5.81. The molecule has 4 aromatic rings. The zero-order chi connectivity index (χ0) is 20.8. The lowest BCUT2D eigenvalue weighted by molar-refractivity contribution is 0.504. The lowest BCUT2D eigenvalue weighted by Gasteiger charge is -2.14. The minimum Gasteiger partial charge on any atom is -0.255 e. The number of nitrogens with zero attached hydrogens (tertiary/aromatic N) is 1. The molecule has 1 aromatic heterocycles. The molecule has 0 bridgehead atoms. The van der Waals surface area contributed by atoms with Gasteiger partial charge in [-0.3, -0.25) is 4.98 Å². The molecule has 1 heterocycles. The van der Waals surface area contributed by atoms with Crippen molar-refractivity contribution in [2.75, 3.05) is 0 Å². The van der Waals surface area contributed by atoms with Gasteiger partial charge >= 0.3 is 0 Å². The Morgan fingerprint density at radius 1 is 0.862 bits per heavy atom. The molecule has 146 valence electrons. The second kappa shape index (κ2) is 7.17. The summed E-state index contributed by atoms with van der Waals surface area (Å²) in [7, 11) is -4.28. The van der Waals surface area contributed by atoms with Gasteiger partial charge in [-0.2, -0.15) is 0 Å². The summed E-state index contributed by atoms with van der Waals surface area (Å²) in [5.41, 5.74) is 0.934.